The number of nitro groups is 1. The molecule has 1 fully saturated rings. The van der Waals surface area contributed by atoms with Gasteiger partial charge in [0.05, 0.1) is 7.11 Å². The highest BCUT2D eigenvalue weighted by atomic mass is 32.2. The molecule has 0 amide bonds. The number of benzene rings is 2. The van der Waals surface area contributed by atoms with E-state index in [1.807, 2.05) is 52.8 Å². The Labute approximate surface area is 143 Å². The van der Waals surface area contributed by atoms with E-state index in [0.717, 1.165) is 23.0 Å². The molecule has 0 N–H and O–H groups in total. The number of methoxy groups -OCH3 is 1. The standard InChI is InChI=1S/C17H15N3O3S/c1-23-14-9-7-12(8-10-14)15-16(20(21)22)17(24-11-18)19(15)13-5-3-2-4-6-13/h2-10,15-17H,1H3/t15-,16-,17+/m1/s1. The number of nitriles is 1. The Bertz CT molecular complexity index is 761. The third-order valence-electron chi connectivity index (χ3n) is 4.12. The molecule has 0 spiro atoms. The van der Waals surface area contributed by atoms with E-state index in [0.29, 0.717) is 5.75 Å². The minimum Gasteiger partial charge on any atom is -0.497 e. The first-order valence-corrected chi connectivity index (χ1v) is 8.21. The molecule has 122 valence electrons. The zero-order chi connectivity index (χ0) is 17.1. The number of para-hydroxylation sites is 1. The molecule has 0 radical (unpaired) electrons. The highest BCUT2D eigenvalue weighted by Gasteiger charge is 2.58. The van der Waals surface area contributed by atoms with Crippen molar-refractivity contribution in [2.75, 3.05) is 12.0 Å². The number of nitrogens with zero attached hydrogens (tertiary/aromatic N) is 3. The van der Waals surface area contributed by atoms with Crippen LogP contribution in [-0.4, -0.2) is 23.4 Å². The fourth-order valence-electron chi connectivity index (χ4n) is 3.01. The largest absolute Gasteiger partial charge is 0.497 e. The Hall–Kier alpha value is -2.72. The lowest BCUT2D eigenvalue weighted by Gasteiger charge is -2.49. The average Bonchev–Trinajstić information content (AvgIpc) is 2.59. The third kappa shape index (κ3) is 2.76. The summed E-state index contributed by atoms with van der Waals surface area (Å²) in [6.07, 6.45) is 0. The van der Waals surface area contributed by atoms with Crippen LogP contribution in [0.2, 0.25) is 0 Å². The SMILES string of the molecule is COc1ccc([C@@H]2[C@@H]([N+](=O)[O-])[C@H](SC#N)N2c2ccccc2)cc1. The summed E-state index contributed by atoms with van der Waals surface area (Å²) in [6, 6.07) is 15.5. The summed E-state index contributed by atoms with van der Waals surface area (Å²) in [7, 11) is 1.58. The predicted octanol–water partition coefficient (Wildman–Crippen LogP) is 3.44. The molecule has 0 aliphatic carbocycles. The van der Waals surface area contributed by atoms with Crippen molar-refractivity contribution >= 4 is 17.4 Å². The second kappa shape index (κ2) is 6.81. The number of thioether (sulfide) groups is 1. The Kier molecular flexibility index (Phi) is 4.58. The predicted molar refractivity (Wildman–Crippen MR) is 92.4 cm³/mol. The van der Waals surface area contributed by atoms with Gasteiger partial charge in [0.25, 0.3) is 6.04 Å². The smallest absolute Gasteiger partial charge is 0.267 e. The van der Waals surface area contributed by atoms with Crippen molar-refractivity contribution in [1.82, 2.24) is 0 Å². The van der Waals surface area contributed by atoms with Crippen LogP contribution in [0.4, 0.5) is 5.69 Å². The summed E-state index contributed by atoms with van der Waals surface area (Å²) in [5.74, 6) is 0.699. The lowest BCUT2D eigenvalue weighted by Crippen LogP contribution is -2.63. The van der Waals surface area contributed by atoms with E-state index in [1.165, 1.54) is 0 Å². The zero-order valence-corrected chi connectivity index (χ0v) is 13.7. The molecular weight excluding hydrogens is 326 g/mol. The van der Waals surface area contributed by atoms with Gasteiger partial charge >= 0.3 is 0 Å². The maximum absolute atomic E-state index is 11.6. The number of ether oxygens (including phenoxy) is 1. The molecule has 1 saturated heterocycles. The monoisotopic (exact) mass is 341 g/mol. The first-order valence-electron chi connectivity index (χ1n) is 7.33. The summed E-state index contributed by atoms with van der Waals surface area (Å²) >= 11 is 0.929. The average molecular weight is 341 g/mol. The van der Waals surface area contributed by atoms with Gasteiger partial charge in [0.1, 0.15) is 17.2 Å². The fourth-order valence-corrected chi connectivity index (χ4v) is 3.87. The molecule has 0 unspecified atom stereocenters. The normalized spacial score (nSPS) is 22.3. The maximum atomic E-state index is 11.6. The quantitative estimate of drug-likeness (QED) is 0.471. The van der Waals surface area contributed by atoms with Gasteiger partial charge in [-0.25, -0.2) is 0 Å². The van der Waals surface area contributed by atoms with Gasteiger partial charge in [-0.2, -0.15) is 5.26 Å². The lowest BCUT2D eigenvalue weighted by atomic mass is 9.88. The van der Waals surface area contributed by atoms with E-state index < -0.39 is 17.5 Å². The third-order valence-corrected chi connectivity index (χ3v) is 4.97. The minimum atomic E-state index is -0.844. The van der Waals surface area contributed by atoms with Crippen LogP contribution in [0.5, 0.6) is 5.75 Å². The van der Waals surface area contributed by atoms with Crippen LogP contribution in [0.25, 0.3) is 0 Å². The van der Waals surface area contributed by atoms with Crippen molar-refractivity contribution in [2.45, 2.75) is 17.5 Å². The maximum Gasteiger partial charge on any atom is 0.267 e. The van der Waals surface area contributed by atoms with Crippen molar-refractivity contribution in [2.24, 2.45) is 0 Å². The van der Waals surface area contributed by atoms with Crippen LogP contribution in [0, 0.1) is 20.8 Å². The molecular formula is C17H15N3O3S. The number of hydrogen-bond acceptors (Lipinski definition) is 6. The van der Waals surface area contributed by atoms with E-state index in [4.69, 9.17) is 10.00 Å². The second-order valence-corrected chi connectivity index (χ2v) is 6.24. The second-order valence-electron chi connectivity index (χ2n) is 5.34. The minimum absolute atomic E-state index is 0.288. The molecule has 3 rings (SSSR count). The van der Waals surface area contributed by atoms with E-state index >= 15 is 0 Å². The van der Waals surface area contributed by atoms with Crippen molar-refractivity contribution < 1.29 is 9.66 Å². The van der Waals surface area contributed by atoms with Gasteiger partial charge < -0.3 is 9.64 Å². The molecule has 6 nitrogen and oxygen atoms in total. The Balaban J connectivity index is 2.01. The van der Waals surface area contributed by atoms with Crippen molar-refractivity contribution in [3.05, 3.63) is 70.3 Å². The van der Waals surface area contributed by atoms with Crippen LogP contribution in [0.1, 0.15) is 11.6 Å². The number of hydrogen-bond donors (Lipinski definition) is 0. The molecule has 1 aliphatic heterocycles. The van der Waals surface area contributed by atoms with Gasteiger partial charge in [-0.05, 0) is 41.6 Å². The molecule has 24 heavy (non-hydrogen) atoms. The molecule has 2 aromatic carbocycles. The number of thiocyanates is 1. The Morgan fingerprint density at radius 2 is 1.88 bits per heavy atom. The molecule has 2 aromatic rings. The summed E-state index contributed by atoms with van der Waals surface area (Å²) in [6.45, 7) is 0. The van der Waals surface area contributed by atoms with Crippen molar-refractivity contribution in [3.63, 3.8) is 0 Å². The molecule has 3 atom stereocenters. The van der Waals surface area contributed by atoms with Crippen LogP contribution in [0.3, 0.4) is 0 Å². The van der Waals surface area contributed by atoms with Gasteiger partial charge in [0, 0.05) is 10.6 Å². The van der Waals surface area contributed by atoms with Gasteiger partial charge in [0.15, 0.2) is 5.37 Å². The summed E-state index contributed by atoms with van der Waals surface area (Å²) < 4.78 is 5.15. The van der Waals surface area contributed by atoms with Gasteiger partial charge in [-0.3, -0.25) is 10.1 Å². The summed E-state index contributed by atoms with van der Waals surface area (Å²) in [5.41, 5.74) is 1.69. The zero-order valence-electron chi connectivity index (χ0n) is 12.9. The molecule has 1 heterocycles. The first kappa shape index (κ1) is 16.1. The van der Waals surface area contributed by atoms with E-state index in [1.54, 1.807) is 19.2 Å². The van der Waals surface area contributed by atoms with E-state index in [2.05, 4.69) is 0 Å². The molecule has 7 heteroatoms. The van der Waals surface area contributed by atoms with E-state index in [-0.39, 0.29) is 4.92 Å². The van der Waals surface area contributed by atoms with Crippen molar-refractivity contribution in [1.29, 1.82) is 5.26 Å². The van der Waals surface area contributed by atoms with Gasteiger partial charge in [-0.15, -0.1) is 0 Å². The van der Waals surface area contributed by atoms with Crippen LogP contribution < -0.4 is 9.64 Å². The van der Waals surface area contributed by atoms with Crippen molar-refractivity contribution in [3.8, 4) is 11.2 Å². The number of rotatable bonds is 5. The molecule has 0 aromatic heterocycles. The number of anilines is 1. The van der Waals surface area contributed by atoms with Crippen LogP contribution in [-0.2, 0) is 0 Å². The topological polar surface area (TPSA) is 79.4 Å². The summed E-state index contributed by atoms with van der Waals surface area (Å²) in [4.78, 5) is 13.2. The van der Waals surface area contributed by atoms with E-state index in [9.17, 15) is 10.1 Å². The molecule has 0 bridgehead atoms. The highest BCUT2D eigenvalue weighted by molar-refractivity contribution is 8.04. The summed E-state index contributed by atoms with van der Waals surface area (Å²) in [5, 5.41) is 22.1. The Morgan fingerprint density at radius 1 is 1.21 bits per heavy atom. The van der Waals surface area contributed by atoms with Crippen LogP contribution >= 0.6 is 11.8 Å². The molecule has 1 aliphatic rings. The van der Waals surface area contributed by atoms with Crippen LogP contribution in [0.15, 0.2) is 54.6 Å². The van der Waals surface area contributed by atoms with Gasteiger partial charge in [-0.1, -0.05) is 30.3 Å². The Morgan fingerprint density at radius 3 is 2.42 bits per heavy atom. The first-order chi connectivity index (χ1) is 11.7. The lowest BCUT2D eigenvalue weighted by molar-refractivity contribution is -0.537. The fraction of sp³-hybridized carbons (Fsp3) is 0.235. The highest BCUT2D eigenvalue weighted by Crippen LogP contribution is 2.48. The molecule has 0 saturated carbocycles. The van der Waals surface area contributed by atoms with Gasteiger partial charge in [0.2, 0.25) is 0 Å².